The molecule has 0 aliphatic carbocycles. The molecule has 34 heavy (non-hydrogen) atoms. The Kier molecular flexibility index (Phi) is 6.52. The first-order valence-corrected chi connectivity index (χ1v) is 11.5. The second-order valence-corrected chi connectivity index (χ2v) is 9.34. The molecular formula is C20H19F3N6O4S. The lowest BCUT2D eigenvalue weighted by Crippen LogP contribution is -2.50. The number of aromatic nitrogens is 4. The lowest BCUT2D eigenvalue weighted by atomic mass is 10.1. The molecule has 2 aromatic carbocycles. The molecule has 180 valence electrons. The van der Waals surface area contributed by atoms with Crippen molar-refractivity contribution in [3.8, 4) is 11.4 Å². The topological polar surface area (TPSA) is 111 Å². The summed E-state index contributed by atoms with van der Waals surface area (Å²) >= 11 is 0. The predicted octanol–water partition coefficient (Wildman–Crippen LogP) is 1.64. The first-order chi connectivity index (χ1) is 16.1. The molecular weight excluding hydrogens is 477 g/mol. The summed E-state index contributed by atoms with van der Waals surface area (Å²) in [6, 6.07) is 11.2. The Hall–Kier alpha value is -3.52. The summed E-state index contributed by atoms with van der Waals surface area (Å²) in [5.41, 5.74) is 1.54. The number of benzene rings is 2. The quantitative estimate of drug-likeness (QED) is 0.510. The molecule has 0 spiro atoms. The van der Waals surface area contributed by atoms with E-state index in [9.17, 15) is 26.4 Å². The van der Waals surface area contributed by atoms with Gasteiger partial charge in [-0.3, -0.25) is 4.79 Å². The van der Waals surface area contributed by atoms with Crippen LogP contribution in [0.15, 0.2) is 59.8 Å². The summed E-state index contributed by atoms with van der Waals surface area (Å²) in [4.78, 5) is 14.1. The van der Waals surface area contributed by atoms with E-state index in [1.165, 1.54) is 15.3 Å². The first kappa shape index (κ1) is 23.6. The van der Waals surface area contributed by atoms with Crippen molar-refractivity contribution >= 4 is 15.9 Å². The van der Waals surface area contributed by atoms with Crippen molar-refractivity contribution in [3.63, 3.8) is 0 Å². The van der Waals surface area contributed by atoms with Crippen LogP contribution in [0.2, 0.25) is 0 Å². The fourth-order valence-corrected chi connectivity index (χ4v) is 4.89. The molecule has 1 saturated heterocycles. The van der Waals surface area contributed by atoms with Crippen molar-refractivity contribution in [2.24, 2.45) is 0 Å². The molecule has 0 unspecified atom stereocenters. The summed E-state index contributed by atoms with van der Waals surface area (Å²) in [7, 11) is -3.92. The highest BCUT2D eigenvalue weighted by Gasteiger charge is 2.32. The van der Waals surface area contributed by atoms with Crippen molar-refractivity contribution in [3.05, 3.63) is 60.4 Å². The Balaban J connectivity index is 1.32. The summed E-state index contributed by atoms with van der Waals surface area (Å²) in [5, 5.41) is 10.9. The number of rotatable bonds is 6. The van der Waals surface area contributed by atoms with Crippen LogP contribution in [0.3, 0.4) is 0 Å². The van der Waals surface area contributed by atoms with Gasteiger partial charge >= 0.3 is 6.36 Å². The first-order valence-electron chi connectivity index (χ1n) is 10.1. The molecule has 14 heteroatoms. The van der Waals surface area contributed by atoms with Crippen molar-refractivity contribution in [1.29, 1.82) is 0 Å². The number of sulfonamides is 1. The van der Waals surface area contributed by atoms with Crippen molar-refractivity contribution in [2.75, 3.05) is 26.2 Å². The monoisotopic (exact) mass is 496 g/mol. The lowest BCUT2D eigenvalue weighted by molar-refractivity contribution is -0.274. The molecule has 1 amide bonds. The van der Waals surface area contributed by atoms with E-state index in [0.29, 0.717) is 0 Å². The number of piperazine rings is 1. The van der Waals surface area contributed by atoms with E-state index in [0.717, 1.165) is 35.5 Å². The molecule has 2 heterocycles. The van der Waals surface area contributed by atoms with E-state index in [-0.39, 0.29) is 43.4 Å². The van der Waals surface area contributed by atoms with Crippen LogP contribution in [0.4, 0.5) is 13.2 Å². The van der Waals surface area contributed by atoms with Crippen LogP contribution >= 0.6 is 0 Å². The second kappa shape index (κ2) is 9.38. The molecule has 1 aromatic heterocycles. The highest BCUT2D eigenvalue weighted by molar-refractivity contribution is 7.89. The highest BCUT2D eigenvalue weighted by Crippen LogP contribution is 2.25. The van der Waals surface area contributed by atoms with Gasteiger partial charge in [0.05, 0.1) is 17.0 Å². The van der Waals surface area contributed by atoms with Gasteiger partial charge in [-0.1, -0.05) is 12.1 Å². The number of hydrogen-bond donors (Lipinski definition) is 0. The minimum atomic E-state index is -4.86. The van der Waals surface area contributed by atoms with E-state index >= 15 is 0 Å². The molecule has 0 radical (unpaired) electrons. The van der Waals surface area contributed by atoms with Crippen LogP contribution in [0, 0.1) is 0 Å². The highest BCUT2D eigenvalue weighted by atomic mass is 32.2. The van der Waals surface area contributed by atoms with Gasteiger partial charge in [-0.05, 0) is 52.4 Å². The van der Waals surface area contributed by atoms with Crippen molar-refractivity contribution in [1.82, 2.24) is 29.4 Å². The zero-order chi connectivity index (χ0) is 24.3. The van der Waals surface area contributed by atoms with Crippen LogP contribution in [0.25, 0.3) is 5.69 Å². The standard InChI is InChI=1S/C20H19F3N6O4S/c21-20(22,23)33-17-5-7-18(8-6-17)34(31,32)28-11-9-27(10-12-28)19(30)13-15-1-3-16(4-2-15)29-14-24-25-26-29/h1-8,14H,9-13H2. The van der Waals surface area contributed by atoms with Gasteiger partial charge in [-0.15, -0.1) is 18.3 Å². The molecule has 0 saturated carbocycles. The third-order valence-electron chi connectivity index (χ3n) is 5.19. The summed E-state index contributed by atoms with van der Waals surface area (Å²) in [6.07, 6.45) is -3.25. The number of hydrogen-bond acceptors (Lipinski definition) is 7. The minimum Gasteiger partial charge on any atom is -0.406 e. The third kappa shape index (κ3) is 5.51. The third-order valence-corrected chi connectivity index (χ3v) is 7.10. The summed E-state index contributed by atoms with van der Waals surface area (Å²) in [5.74, 6) is -0.645. The maximum Gasteiger partial charge on any atom is 0.573 e. The number of carbonyl (C=O) groups excluding carboxylic acids is 1. The SMILES string of the molecule is O=C(Cc1ccc(-n2cnnn2)cc1)N1CCN(S(=O)(=O)c2ccc(OC(F)(F)F)cc2)CC1. The molecule has 3 aromatic rings. The van der Waals surface area contributed by atoms with E-state index in [1.54, 1.807) is 29.2 Å². The molecule has 10 nitrogen and oxygen atoms in total. The number of nitrogens with zero attached hydrogens (tertiary/aromatic N) is 6. The molecule has 4 rings (SSSR count). The Bertz CT molecular complexity index is 1220. The van der Waals surface area contributed by atoms with Gasteiger partial charge in [-0.2, -0.15) is 4.31 Å². The van der Waals surface area contributed by atoms with Crippen molar-refractivity contribution < 1.29 is 31.1 Å². The lowest BCUT2D eigenvalue weighted by Gasteiger charge is -2.34. The van der Waals surface area contributed by atoms with Gasteiger partial charge in [0.2, 0.25) is 15.9 Å². The molecule has 0 atom stereocenters. The van der Waals surface area contributed by atoms with Gasteiger partial charge in [0.25, 0.3) is 0 Å². The summed E-state index contributed by atoms with van der Waals surface area (Å²) in [6.45, 7) is 0.562. The molecule has 0 N–H and O–H groups in total. The largest absolute Gasteiger partial charge is 0.573 e. The Labute approximate surface area is 192 Å². The Morgan fingerprint density at radius 2 is 1.62 bits per heavy atom. The van der Waals surface area contributed by atoms with Crippen LogP contribution in [-0.2, 0) is 21.2 Å². The number of ether oxygens (including phenoxy) is 1. The molecule has 1 fully saturated rings. The zero-order valence-electron chi connectivity index (χ0n) is 17.6. The van der Waals surface area contributed by atoms with Gasteiger partial charge in [0, 0.05) is 26.2 Å². The maximum absolute atomic E-state index is 12.8. The van der Waals surface area contributed by atoms with Gasteiger partial charge in [-0.25, -0.2) is 13.1 Å². The average Bonchev–Trinajstić information content (AvgIpc) is 3.34. The number of amides is 1. The number of carbonyl (C=O) groups is 1. The van der Waals surface area contributed by atoms with E-state index in [2.05, 4.69) is 20.3 Å². The second-order valence-electron chi connectivity index (χ2n) is 7.40. The van der Waals surface area contributed by atoms with Crippen molar-refractivity contribution in [2.45, 2.75) is 17.7 Å². The van der Waals surface area contributed by atoms with E-state index < -0.39 is 22.1 Å². The fraction of sp³-hybridized carbons (Fsp3) is 0.300. The molecule has 1 aliphatic heterocycles. The van der Waals surface area contributed by atoms with Gasteiger partial charge in [0.15, 0.2) is 0 Å². The smallest absolute Gasteiger partial charge is 0.406 e. The van der Waals surface area contributed by atoms with Crippen LogP contribution in [0.5, 0.6) is 5.75 Å². The van der Waals surface area contributed by atoms with E-state index in [1.807, 2.05) is 0 Å². The normalized spacial score (nSPS) is 15.3. The average molecular weight is 496 g/mol. The van der Waals surface area contributed by atoms with Gasteiger partial charge < -0.3 is 9.64 Å². The predicted molar refractivity (Wildman–Crippen MR) is 111 cm³/mol. The van der Waals surface area contributed by atoms with Crippen LogP contribution in [0.1, 0.15) is 5.56 Å². The van der Waals surface area contributed by atoms with Crippen LogP contribution < -0.4 is 4.74 Å². The number of tetrazole rings is 1. The Morgan fingerprint density at radius 1 is 0.971 bits per heavy atom. The Morgan fingerprint density at radius 3 is 2.18 bits per heavy atom. The number of alkyl halides is 3. The van der Waals surface area contributed by atoms with E-state index in [4.69, 9.17) is 0 Å². The van der Waals surface area contributed by atoms with Crippen LogP contribution in [-0.4, -0.2) is 76.3 Å². The minimum absolute atomic E-state index is 0.0765. The molecule has 1 aliphatic rings. The van der Waals surface area contributed by atoms with Gasteiger partial charge in [0.1, 0.15) is 12.1 Å². The zero-order valence-corrected chi connectivity index (χ0v) is 18.4. The fourth-order valence-electron chi connectivity index (χ4n) is 3.47. The summed E-state index contributed by atoms with van der Waals surface area (Å²) < 4.78 is 69.0. The molecule has 0 bridgehead atoms. The number of halogens is 3. The maximum atomic E-state index is 12.8.